The Morgan fingerprint density at radius 1 is 1.13 bits per heavy atom. The largest absolute Gasteiger partial charge is 0.450 e. The molecule has 30 heavy (non-hydrogen) atoms. The summed E-state index contributed by atoms with van der Waals surface area (Å²) in [5, 5.41) is 4.96. The molecule has 2 aromatic carbocycles. The minimum atomic E-state index is -0.406. The number of nitrogens with one attached hydrogen (secondary N) is 1. The molecule has 0 fully saturated rings. The van der Waals surface area contributed by atoms with Crippen LogP contribution in [0.5, 0.6) is 0 Å². The first kappa shape index (κ1) is 21.3. The third-order valence-corrected chi connectivity index (χ3v) is 6.45. The Labute approximate surface area is 203 Å². The van der Waals surface area contributed by atoms with Crippen LogP contribution in [0.2, 0.25) is 0 Å². The second-order valence-electron chi connectivity index (χ2n) is 6.75. The van der Waals surface area contributed by atoms with Crippen molar-refractivity contribution in [3.05, 3.63) is 83.8 Å². The third kappa shape index (κ3) is 4.26. The Balaban J connectivity index is 1.53. The highest BCUT2D eigenvalue weighted by Crippen LogP contribution is 2.31. The molecule has 152 valence electrons. The fourth-order valence-electron chi connectivity index (χ4n) is 3.31. The van der Waals surface area contributed by atoms with Crippen molar-refractivity contribution < 1.29 is 9.21 Å². The number of aryl methyl sites for hydroxylation is 1. The lowest BCUT2D eigenvalue weighted by Gasteiger charge is -2.09. The van der Waals surface area contributed by atoms with Crippen molar-refractivity contribution in [3.8, 4) is 5.69 Å². The molecule has 1 N–H and O–H groups in total. The van der Waals surface area contributed by atoms with E-state index in [9.17, 15) is 4.79 Å². The Morgan fingerprint density at radius 2 is 1.87 bits per heavy atom. The van der Waals surface area contributed by atoms with Crippen LogP contribution >= 0.6 is 54.5 Å². The summed E-state index contributed by atoms with van der Waals surface area (Å²) >= 11 is 9.17. The molecule has 0 aliphatic heterocycles. The number of halogens is 3. The molecule has 0 radical (unpaired) electrons. The quantitative estimate of drug-likeness (QED) is 0.153. The molecule has 0 spiro atoms. The number of hydrogen-bond acceptors (Lipinski definition) is 3. The van der Waals surface area contributed by atoms with Gasteiger partial charge >= 0.3 is 5.91 Å². The van der Waals surface area contributed by atoms with E-state index in [1.165, 1.54) is 3.57 Å². The number of carbonyl (C=O) groups excluding carboxylic acids is 1. The zero-order valence-corrected chi connectivity index (χ0v) is 21.4. The van der Waals surface area contributed by atoms with E-state index < -0.39 is 5.91 Å². The molecule has 2 aromatic heterocycles. The third-order valence-electron chi connectivity index (χ3n) is 4.68. The van der Waals surface area contributed by atoms with E-state index in [2.05, 4.69) is 93.8 Å². The van der Waals surface area contributed by atoms with Crippen LogP contribution in [0.3, 0.4) is 0 Å². The smallest absolute Gasteiger partial charge is 0.307 e. The van der Waals surface area contributed by atoms with Crippen LogP contribution in [0.25, 0.3) is 16.7 Å². The van der Waals surface area contributed by atoms with Gasteiger partial charge in [-0.15, -0.1) is 0 Å². The van der Waals surface area contributed by atoms with Gasteiger partial charge in [0.1, 0.15) is 5.58 Å². The predicted octanol–water partition coefficient (Wildman–Crippen LogP) is 6.73. The Hall–Kier alpha value is -1.91. The minimum Gasteiger partial charge on any atom is -0.450 e. The van der Waals surface area contributed by atoms with Gasteiger partial charge in [0.05, 0.1) is 10.7 Å². The molecule has 4 aromatic rings. The maximum Gasteiger partial charge on any atom is 0.307 e. The molecule has 0 aliphatic carbocycles. The highest BCUT2D eigenvalue weighted by atomic mass is 127. The summed E-state index contributed by atoms with van der Waals surface area (Å²) in [4.78, 5) is 12.5. The molecule has 0 unspecified atom stereocenters. The van der Waals surface area contributed by atoms with Crippen molar-refractivity contribution in [1.29, 1.82) is 0 Å². The molecule has 8 heteroatoms. The topological polar surface area (TPSA) is 59.5 Å². The van der Waals surface area contributed by atoms with Gasteiger partial charge in [-0.25, -0.2) is 5.43 Å². The number of furan rings is 1. The summed E-state index contributed by atoms with van der Waals surface area (Å²) in [6, 6.07) is 15.8. The molecule has 0 aliphatic rings. The molecule has 1 amide bonds. The lowest BCUT2D eigenvalue weighted by atomic mass is 10.2. The first-order chi connectivity index (χ1) is 14.3. The van der Waals surface area contributed by atoms with Gasteiger partial charge in [-0.1, -0.05) is 15.9 Å². The van der Waals surface area contributed by atoms with E-state index in [0.717, 1.165) is 37.0 Å². The lowest BCUT2D eigenvalue weighted by molar-refractivity contribution is 0.0929. The van der Waals surface area contributed by atoms with E-state index in [1.54, 1.807) is 12.3 Å². The SMILES string of the molecule is Cc1cc(/C=N/NC(=O)c2cc3cc(Br)cc(Br)c3o2)c(C)n1-c1ccc(I)cc1. The molecule has 4 rings (SSSR count). The number of hydrogen-bond donors (Lipinski definition) is 1. The van der Waals surface area contributed by atoms with Gasteiger partial charge in [-0.3, -0.25) is 4.79 Å². The van der Waals surface area contributed by atoms with Crippen LogP contribution in [-0.2, 0) is 0 Å². The van der Waals surface area contributed by atoms with Gasteiger partial charge in [-0.2, -0.15) is 5.10 Å². The van der Waals surface area contributed by atoms with Gasteiger partial charge in [0, 0.05) is 36.1 Å². The van der Waals surface area contributed by atoms with Crippen molar-refractivity contribution in [2.45, 2.75) is 13.8 Å². The van der Waals surface area contributed by atoms with Gasteiger partial charge < -0.3 is 8.98 Å². The Morgan fingerprint density at radius 3 is 2.60 bits per heavy atom. The average molecular weight is 641 g/mol. The maximum absolute atomic E-state index is 12.5. The molecule has 0 bridgehead atoms. The van der Waals surface area contributed by atoms with Gasteiger partial charge in [0.25, 0.3) is 0 Å². The number of fused-ring (bicyclic) bond motifs is 1. The number of amides is 1. The van der Waals surface area contributed by atoms with Crippen LogP contribution in [-0.4, -0.2) is 16.7 Å². The Bertz CT molecular complexity index is 1290. The summed E-state index contributed by atoms with van der Waals surface area (Å²) in [6.07, 6.45) is 1.65. The number of hydrazone groups is 1. The van der Waals surface area contributed by atoms with E-state index in [-0.39, 0.29) is 5.76 Å². The average Bonchev–Trinajstić information content (AvgIpc) is 3.24. The fourth-order valence-corrected chi connectivity index (χ4v) is 5.01. The van der Waals surface area contributed by atoms with E-state index in [1.807, 2.05) is 32.0 Å². The normalized spacial score (nSPS) is 11.5. The number of benzene rings is 2. The monoisotopic (exact) mass is 639 g/mol. The van der Waals surface area contributed by atoms with Crippen LogP contribution in [0.1, 0.15) is 27.5 Å². The van der Waals surface area contributed by atoms with Gasteiger partial charge in [0.15, 0.2) is 5.76 Å². The first-order valence-electron chi connectivity index (χ1n) is 9.00. The molecular formula is C22H16Br2IN3O2. The number of aromatic nitrogens is 1. The second-order valence-corrected chi connectivity index (χ2v) is 9.77. The van der Waals surface area contributed by atoms with Crippen molar-refractivity contribution in [1.82, 2.24) is 9.99 Å². The number of carbonyl (C=O) groups is 1. The zero-order chi connectivity index (χ0) is 21.4. The van der Waals surface area contributed by atoms with Gasteiger partial charge in [-0.05, 0) is 101 Å². The molecule has 5 nitrogen and oxygen atoms in total. The fraction of sp³-hybridized carbons (Fsp3) is 0.0909. The molecular weight excluding hydrogens is 625 g/mol. The second kappa shape index (κ2) is 8.68. The van der Waals surface area contributed by atoms with Crippen LogP contribution < -0.4 is 5.43 Å². The Kier molecular flexibility index (Phi) is 6.17. The highest BCUT2D eigenvalue weighted by molar-refractivity contribution is 14.1. The molecule has 0 saturated heterocycles. The standard InChI is InChI=1S/C22H16Br2IN3O2/c1-12-7-15(13(2)28(12)18-5-3-17(25)4-6-18)11-26-27-22(29)20-9-14-8-16(23)10-19(24)21(14)30-20/h3-11H,1-2H3,(H,27,29)/b26-11+. The highest BCUT2D eigenvalue weighted by Gasteiger charge is 2.14. The number of rotatable bonds is 4. The summed E-state index contributed by atoms with van der Waals surface area (Å²) < 4.78 is 10.7. The first-order valence-corrected chi connectivity index (χ1v) is 11.7. The molecule has 2 heterocycles. The predicted molar refractivity (Wildman–Crippen MR) is 135 cm³/mol. The maximum atomic E-state index is 12.5. The lowest BCUT2D eigenvalue weighted by Crippen LogP contribution is -2.16. The molecule has 0 saturated carbocycles. The van der Waals surface area contributed by atoms with Crippen LogP contribution in [0.4, 0.5) is 0 Å². The summed E-state index contributed by atoms with van der Waals surface area (Å²) in [5.74, 6) is -0.206. The van der Waals surface area contributed by atoms with Crippen molar-refractivity contribution in [2.24, 2.45) is 5.10 Å². The molecule has 0 atom stereocenters. The summed E-state index contributed by atoms with van der Waals surface area (Å²) in [7, 11) is 0. The van der Waals surface area contributed by atoms with E-state index >= 15 is 0 Å². The summed E-state index contributed by atoms with van der Waals surface area (Å²) in [5.41, 5.74) is 7.33. The number of nitrogens with zero attached hydrogens (tertiary/aromatic N) is 2. The van der Waals surface area contributed by atoms with Crippen molar-refractivity contribution >= 4 is 77.5 Å². The van der Waals surface area contributed by atoms with Crippen LogP contribution in [0.15, 0.2) is 67.0 Å². The van der Waals surface area contributed by atoms with Crippen molar-refractivity contribution in [2.75, 3.05) is 0 Å². The minimum absolute atomic E-state index is 0.199. The van der Waals surface area contributed by atoms with Crippen molar-refractivity contribution in [3.63, 3.8) is 0 Å². The van der Waals surface area contributed by atoms with E-state index in [4.69, 9.17) is 4.42 Å². The van der Waals surface area contributed by atoms with Crippen LogP contribution in [0, 0.1) is 17.4 Å². The zero-order valence-electron chi connectivity index (χ0n) is 16.0. The van der Waals surface area contributed by atoms with E-state index in [0.29, 0.717) is 5.58 Å². The van der Waals surface area contributed by atoms with Gasteiger partial charge in [0.2, 0.25) is 0 Å². The summed E-state index contributed by atoms with van der Waals surface area (Å²) in [6.45, 7) is 4.08.